The van der Waals surface area contributed by atoms with Crippen LogP contribution in [0.2, 0.25) is 0 Å². The van der Waals surface area contributed by atoms with E-state index >= 15 is 0 Å². The minimum Gasteiger partial charge on any atom is -0.508 e. The molecule has 0 bridgehead atoms. The molecule has 5 heteroatoms. The average Bonchev–Trinajstić information content (AvgIpc) is 2.88. The van der Waals surface area contributed by atoms with Crippen molar-refractivity contribution in [2.45, 2.75) is 13.0 Å². The first-order valence-corrected chi connectivity index (χ1v) is 7.77. The molecule has 120 valence electrons. The zero-order chi connectivity index (χ0) is 16.8. The summed E-state index contributed by atoms with van der Waals surface area (Å²) in [5.74, 6) is -0.118. The highest BCUT2D eigenvalue weighted by molar-refractivity contribution is 5.99. The van der Waals surface area contributed by atoms with Crippen molar-refractivity contribution in [3.05, 3.63) is 75.6 Å². The van der Waals surface area contributed by atoms with Gasteiger partial charge < -0.3 is 14.4 Å². The number of fused-ring (bicyclic) bond motifs is 2. The largest absolute Gasteiger partial charge is 0.508 e. The molecule has 1 atom stereocenters. The Balaban J connectivity index is 2.05. The molecule has 1 unspecified atom stereocenters. The summed E-state index contributed by atoms with van der Waals surface area (Å²) in [5, 5.41) is 10.2. The lowest BCUT2D eigenvalue weighted by Crippen LogP contribution is -2.29. The van der Waals surface area contributed by atoms with Crippen LogP contribution in [0.25, 0.3) is 11.0 Å². The summed E-state index contributed by atoms with van der Waals surface area (Å²) in [4.78, 5) is 27.3. The molecule has 1 aromatic heterocycles. The van der Waals surface area contributed by atoms with Crippen LogP contribution in [0, 0.1) is 0 Å². The topological polar surface area (TPSA) is 70.8 Å². The highest BCUT2D eigenvalue weighted by Gasteiger charge is 2.41. The number of amides is 1. The van der Waals surface area contributed by atoms with Gasteiger partial charge in [0, 0.05) is 6.54 Å². The molecule has 3 aromatic rings. The fourth-order valence-electron chi connectivity index (χ4n) is 3.33. The van der Waals surface area contributed by atoms with Crippen LogP contribution in [0.15, 0.2) is 57.7 Å². The molecule has 5 nitrogen and oxygen atoms in total. The molecular formula is C19H15NO4. The van der Waals surface area contributed by atoms with Gasteiger partial charge in [0.25, 0.3) is 5.91 Å². The van der Waals surface area contributed by atoms with Crippen LogP contribution in [0.3, 0.4) is 0 Å². The summed E-state index contributed by atoms with van der Waals surface area (Å²) in [7, 11) is 0. The number of aromatic hydroxyl groups is 1. The van der Waals surface area contributed by atoms with Crippen molar-refractivity contribution in [1.29, 1.82) is 0 Å². The standard InChI is InChI=1S/C19H15NO4/c1-2-20-16(11-6-5-7-12(21)10-11)15-17(22)13-8-3-4-9-14(13)24-18(15)19(20)23/h3-10,16,21H,2H2,1H3. The van der Waals surface area contributed by atoms with Crippen molar-refractivity contribution >= 4 is 16.9 Å². The Morgan fingerprint density at radius 3 is 2.67 bits per heavy atom. The van der Waals surface area contributed by atoms with Crippen molar-refractivity contribution < 1.29 is 14.3 Å². The molecule has 0 saturated heterocycles. The van der Waals surface area contributed by atoms with E-state index in [2.05, 4.69) is 0 Å². The maximum atomic E-state index is 13.0. The fraction of sp³-hybridized carbons (Fsp3) is 0.158. The summed E-state index contributed by atoms with van der Waals surface area (Å²) >= 11 is 0. The third-order valence-electron chi connectivity index (χ3n) is 4.40. The average molecular weight is 321 g/mol. The summed E-state index contributed by atoms with van der Waals surface area (Å²) in [6.07, 6.45) is 0. The van der Waals surface area contributed by atoms with Crippen LogP contribution in [0.1, 0.15) is 34.6 Å². The maximum absolute atomic E-state index is 13.0. The zero-order valence-corrected chi connectivity index (χ0v) is 13.0. The van der Waals surface area contributed by atoms with Gasteiger partial charge in [0.2, 0.25) is 5.76 Å². The lowest BCUT2D eigenvalue weighted by atomic mass is 9.98. The number of carbonyl (C=O) groups is 1. The Morgan fingerprint density at radius 1 is 1.12 bits per heavy atom. The summed E-state index contributed by atoms with van der Waals surface area (Å²) in [6, 6.07) is 13.0. The van der Waals surface area contributed by atoms with Crippen LogP contribution in [-0.4, -0.2) is 22.5 Å². The Kier molecular flexibility index (Phi) is 3.16. The van der Waals surface area contributed by atoms with Gasteiger partial charge in [-0.25, -0.2) is 0 Å². The second-order valence-electron chi connectivity index (χ2n) is 5.76. The van der Waals surface area contributed by atoms with E-state index in [1.54, 1.807) is 53.4 Å². The number of carbonyl (C=O) groups excluding carboxylic acids is 1. The summed E-state index contributed by atoms with van der Waals surface area (Å²) in [5.41, 5.74) is 1.23. The predicted molar refractivity (Wildman–Crippen MR) is 89.1 cm³/mol. The maximum Gasteiger partial charge on any atom is 0.290 e. The lowest BCUT2D eigenvalue weighted by Gasteiger charge is -2.23. The van der Waals surface area contributed by atoms with E-state index in [-0.39, 0.29) is 22.8 Å². The van der Waals surface area contributed by atoms with Gasteiger partial charge in [-0.3, -0.25) is 9.59 Å². The van der Waals surface area contributed by atoms with E-state index in [1.165, 1.54) is 0 Å². The van der Waals surface area contributed by atoms with Gasteiger partial charge in [-0.1, -0.05) is 24.3 Å². The molecular weight excluding hydrogens is 306 g/mol. The van der Waals surface area contributed by atoms with E-state index < -0.39 is 6.04 Å². The molecule has 4 rings (SSSR count). The Morgan fingerprint density at radius 2 is 1.92 bits per heavy atom. The van der Waals surface area contributed by atoms with Gasteiger partial charge in [-0.2, -0.15) is 0 Å². The molecule has 2 heterocycles. The van der Waals surface area contributed by atoms with Crippen LogP contribution < -0.4 is 5.43 Å². The van der Waals surface area contributed by atoms with Gasteiger partial charge in [-0.15, -0.1) is 0 Å². The van der Waals surface area contributed by atoms with Gasteiger partial charge in [-0.05, 0) is 36.8 Å². The molecule has 1 amide bonds. The first kappa shape index (κ1) is 14.5. The van der Waals surface area contributed by atoms with Crippen molar-refractivity contribution in [3.63, 3.8) is 0 Å². The normalized spacial score (nSPS) is 16.6. The van der Waals surface area contributed by atoms with Crippen LogP contribution >= 0.6 is 0 Å². The van der Waals surface area contributed by atoms with E-state index in [4.69, 9.17) is 4.42 Å². The summed E-state index contributed by atoms with van der Waals surface area (Å²) in [6.45, 7) is 2.28. The number of benzene rings is 2. The number of hydrogen-bond acceptors (Lipinski definition) is 4. The third-order valence-corrected chi connectivity index (χ3v) is 4.40. The Hall–Kier alpha value is -3.08. The molecule has 1 aliphatic heterocycles. The quantitative estimate of drug-likeness (QED) is 0.787. The minimum atomic E-state index is -0.551. The number of rotatable bonds is 2. The summed E-state index contributed by atoms with van der Waals surface area (Å²) < 4.78 is 5.76. The Labute approximate surface area is 137 Å². The number of para-hydroxylation sites is 1. The second kappa shape index (κ2) is 5.23. The number of hydrogen-bond donors (Lipinski definition) is 1. The van der Waals surface area contributed by atoms with Crippen LogP contribution in [0.5, 0.6) is 5.75 Å². The molecule has 0 aliphatic carbocycles. The number of phenolic OH excluding ortho intramolecular Hbond substituents is 1. The van der Waals surface area contributed by atoms with Crippen molar-refractivity contribution in [2.75, 3.05) is 6.54 Å². The number of nitrogens with zero attached hydrogens (tertiary/aromatic N) is 1. The van der Waals surface area contributed by atoms with E-state index in [0.29, 0.717) is 28.6 Å². The molecule has 0 radical (unpaired) electrons. The van der Waals surface area contributed by atoms with Gasteiger partial charge in [0.1, 0.15) is 11.3 Å². The predicted octanol–water partition coefficient (Wildman–Crippen LogP) is 3.06. The number of phenols is 1. The molecule has 1 N–H and O–H groups in total. The second-order valence-corrected chi connectivity index (χ2v) is 5.76. The highest BCUT2D eigenvalue weighted by Crippen LogP contribution is 2.38. The van der Waals surface area contributed by atoms with Gasteiger partial charge in [0.05, 0.1) is 17.0 Å². The lowest BCUT2D eigenvalue weighted by molar-refractivity contribution is 0.0737. The van der Waals surface area contributed by atoms with E-state index in [1.807, 2.05) is 6.92 Å². The molecule has 24 heavy (non-hydrogen) atoms. The van der Waals surface area contributed by atoms with E-state index in [9.17, 15) is 14.7 Å². The van der Waals surface area contributed by atoms with Crippen LogP contribution in [-0.2, 0) is 0 Å². The van der Waals surface area contributed by atoms with Crippen molar-refractivity contribution in [2.24, 2.45) is 0 Å². The minimum absolute atomic E-state index is 0.0916. The van der Waals surface area contributed by atoms with Crippen LogP contribution in [0.4, 0.5) is 0 Å². The van der Waals surface area contributed by atoms with E-state index in [0.717, 1.165) is 0 Å². The van der Waals surface area contributed by atoms with Gasteiger partial charge >= 0.3 is 0 Å². The molecule has 0 saturated carbocycles. The molecule has 0 spiro atoms. The fourth-order valence-corrected chi connectivity index (χ4v) is 3.33. The van der Waals surface area contributed by atoms with Crippen molar-refractivity contribution in [1.82, 2.24) is 4.90 Å². The molecule has 1 aliphatic rings. The smallest absolute Gasteiger partial charge is 0.290 e. The highest BCUT2D eigenvalue weighted by atomic mass is 16.3. The SMILES string of the molecule is CCN1C(=O)c2oc3ccccc3c(=O)c2C1c1cccc(O)c1. The molecule has 2 aromatic carbocycles. The third kappa shape index (κ3) is 1.94. The first-order valence-electron chi connectivity index (χ1n) is 7.77. The Bertz CT molecular complexity index is 1020. The monoisotopic (exact) mass is 321 g/mol. The van der Waals surface area contributed by atoms with Gasteiger partial charge in [0.15, 0.2) is 5.43 Å². The first-order chi connectivity index (χ1) is 11.6. The zero-order valence-electron chi connectivity index (χ0n) is 13.0. The molecule has 0 fully saturated rings. The van der Waals surface area contributed by atoms with Crippen molar-refractivity contribution in [3.8, 4) is 5.75 Å².